The van der Waals surface area contributed by atoms with Crippen molar-refractivity contribution in [2.45, 2.75) is 93.9 Å². The molecule has 1 aromatic rings. The second-order valence-electron chi connectivity index (χ2n) is 13.7. The SMILES string of the molecule is CC(C)(C)C1=CC(=C/C=C/c2cc(C(C)(C)C)[s+]c(C(C)(C)C)c2)C=C(C(C)(C)C)[Te]1.F[P-](F)(F)(F)(F)F. The molecule has 1 aromatic heterocycles. The zero-order valence-electron chi connectivity index (χ0n) is 24.6. The predicted octanol–water partition coefficient (Wildman–Crippen LogP) is 12.5. The van der Waals surface area contributed by atoms with Crippen molar-refractivity contribution in [2.24, 2.45) is 10.8 Å². The quantitative estimate of drug-likeness (QED) is 0.125. The van der Waals surface area contributed by atoms with E-state index in [0.29, 0.717) is 0 Å². The van der Waals surface area contributed by atoms with Crippen molar-refractivity contribution < 1.29 is 25.2 Å². The molecule has 1 aliphatic heterocycles. The van der Waals surface area contributed by atoms with Crippen LogP contribution in [0.4, 0.5) is 25.2 Å². The monoisotopic (exact) mass is 698 g/mol. The molecular formula is C29H43F6PSTe. The average molecular weight is 696 g/mol. The van der Waals surface area contributed by atoms with Gasteiger partial charge < -0.3 is 0 Å². The van der Waals surface area contributed by atoms with Crippen LogP contribution in [0.3, 0.4) is 0 Å². The molecule has 0 radical (unpaired) electrons. The molecule has 38 heavy (non-hydrogen) atoms. The van der Waals surface area contributed by atoms with E-state index in [1.165, 1.54) is 20.9 Å². The molecule has 0 atom stereocenters. The zero-order chi connectivity index (χ0) is 30.2. The van der Waals surface area contributed by atoms with E-state index in [1.54, 1.807) is 7.24 Å². The fraction of sp³-hybridized carbons (Fsp3) is 0.552. The predicted molar refractivity (Wildman–Crippen MR) is 158 cm³/mol. The summed E-state index contributed by atoms with van der Waals surface area (Å²) in [6, 6.07) is 4.74. The van der Waals surface area contributed by atoms with Crippen molar-refractivity contribution in [1.82, 2.24) is 0 Å². The van der Waals surface area contributed by atoms with Crippen LogP contribution in [0, 0.1) is 10.8 Å². The van der Waals surface area contributed by atoms with Gasteiger partial charge in [-0.05, 0) is 0 Å². The van der Waals surface area contributed by atoms with Crippen LogP contribution in [0.25, 0.3) is 6.08 Å². The van der Waals surface area contributed by atoms with Gasteiger partial charge in [-0.15, -0.1) is 0 Å². The first kappa shape index (κ1) is 35.4. The van der Waals surface area contributed by atoms with Crippen LogP contribution in [0.15, 0.2) is 49.3 Å². The van der Waals surface area contributed by atoms with Crippen LogP contribution in [0.1, 0.15) is 98.4 Å². The third-order valence-corrected chi connectivity index (χ3v) is 12.5. The normalized spacial score (nSPS) is 17.7. The van der Waals surface area contributed by atoms with E-state index in [4.69, 9.17) is 0 Å². The molecule has 0 aromatic carbocycles. The van der Waals surface area contributed by atoms with Crippen LogP contribution >= 0.6 is 19.1 Å². The first-order valence-corrected chi connectivity index (χ1v) is 17.6. The molecule has 0 nitrogen and oxygen atoms in total. The second-order valence-corrected chi connectivity index (χ2v) is 19.8. The zero-order valence-corrected chi connectivity index (χ0v) is 28.6. The molecule has 2 rings (SSSR count). The van der Waals surface area contributed by atoms with E-state index in [9.17, 15) is 25.2 Å². The van der Waals surface area contributed by atoms with E-state index in [-0.39, 0.29) is 42.6 Å². The van der Waals surface area contributed by atoms with E-state index < -0.39 is 7.81 Å². The Morgan fingerprint density at radius 2 is 0.974 bits per heavy atom. The standard InChI is InChI=1S/C29H43STe.F6P/c1-26(2,3)22-16-20(17-23(30-22)27(4,5)6)14-13-15-21-18-24(28(7,8)9)31-25(19-21)29(10,11)12;1-7(2,3,4,5)6/h13-19H,1-12H3;/q+1;-1/b14-13+;. The summed E-state index contributed by atoms with van der Waals surface area (Å²) in [6.45, 7) is 28.0. The van der Waals surface area contributed by atoms with Crippen LogP contribution in [0.2, 0.25) is 0 Å². The first-order chi connectivity index (χ1) is 16.3. The summed E-state index contributed by atoms with van der Waals surface area (Å²) in [4.78, 5) is 2.89. The van der Waals surface area contributed by atoms with Crippen molar-refractivity contribution in [2.75, 3.05) is 0 Å². The molecular weight excluding hydrogens is 653 g/mol. The topological polar surface area (TPSA) is 0 Å². The summed E-state index contributed by atoms with van der Waals surface area (Å²) in [5.74, 6) is 0. The molecule has 2 heterocycles. The number of hydrogen-bond donors (Lipinski definition) is 0. The fourth-order valence-electron chi connectivity index (χ4n) is 2.98. The Kier molecular flexibility index (Phi) is 9.89. The van der Waals surface area contributed by atoms with E-state index in [2.05, 4.69) is 126 Å². The van der Waals surface area contributed by atoms with Gasteiger partial charge >= 0.3 is 241 Å². The first-order valence-electron chi connectivity index (χ1n) is 12.4. The number of allylic oxidation sites excluding steroid dienone is 7. The molecule has 0 spiro atoms. The molecule has 0 saturated carbocycles. The van der Waals surface area contributed by atoms with Gasteiger partial charge in [-0.3, -0.25) is 0 Å². The van der Waals surface area contributed by atoms with Crippen molar-refractivity contribution in [3.8, 4) is 0 Å². The average Bonchev–Trinajstić information content (AvgIpc) is 2.62. The minimum absolute atomic E-state index is 0.162. The summed E-state index contributed by atoms with van der Waals surface area (Å²) in [5, 5.41) is 0. The van der Waals surface area contributed by atoms with Gasteiger partial charge in [-0.2, -0.15) is 0 Å². The Morgan fingerprint density at radius 3 is 1.26 bits per heavy atom. The van der Waals surface area contributed by atoms with Crippen LogP contribution in [0.5, 0.6) is 0 Å². The molecule has 0 unspecified atom stereocenters. The van der Waals surface area contributed by atoms with Crippen molar-refractivity contribution in [1.29, 1.82) is 0 Å². The summed E-state index contributed by atoms with van der Waals surface area (Å²) in [7, 11) is -10.7. The van der Waals surface area contributed by atoms with E-state index >= 15 is 0 Å². The fourth-order valence-corrected chi connectivity index (χ4v) is 7.76. The second kappa shape index (κ2) is 10.6. The van der Waals surface area contributed by atoms with E-state index in [1.807, 2.05) is 11.3 Å². The van der Waals surface area contributed by atoms with Gasteiger partial charge in [0.1, 0.15) is 0 Å². The maximum atomic E-state index is 9.87. The Balaban J connectivity index is 0.000000905. The van der Waals surface area contributed by atoms with Crippen LogP contribution in [-0.2, 0) is 10.8 Å². The van der Waals surface area contributed by atoms with Crippen LogP contribution < -0.4 is 0 Å². The summed E-state index contributed by atoms with van der Waals surface area (Å²) in [6.07, 6.45) is 11.7. The summed E-state index contributed by atoms with van der Waals surface area (Å²) >= 11 is 1.69. The summed E-state index contributed by atoms with van der Waals surface area (Å²) < 4.78 is 62.5. The van der Waals surface area contributed by atoms with Crippen molar-refractivity contribution in [3.63, 3.8) is 0 Å². The molecule has 0 fully saturated rings. The van der Waals surface area contributed by atoms with Gasteiger partial charge in [-0.1, -0.05) is 0 Å². The van der Waals surface area contributed by atoms with E-state index in [0.717, 1.165) is 0 Å². The Labute approximate surface area is 239 Å². The van der Waals surface area contributed by atoms with Gasteiger partial charge in [0.15, 0.2) is 0 Å². The third-order valence-electron chi connectivity index (χ3n) is 5.17. The van der Waals surface area contributed by atoms with Crippen molar-refractivity contribution >= 4 is 46.1 Å². The summed E-state index contributed by atoms with van der Waals surface area (Å²) in [5.41, 5.74) is 3.47. The molecule has 0 bridgehead atoms. The third kappa shape index (κ3) is 14.6. The molecule has 1 aliphatic rings. The Hall–Kier alpha value is -0.670. The number of rotatable bonds is 2. The maximum absolute atomic E-state index is 10.7. The molecule has 0 N–H and O–H groups in total. The number of halogens is 6. The van der Waals surface area contributed by atoms with Gasteiger partial charge in [-0.25, -0.2) is 0 Å². The Bertz CT molecular complexity index is 1070. The molecule has 9 heteroatoms. The van der Waals surface area contributed by atoms with Gasteiger partial charge in [0.2, 0.25) is 0 Å². The number of hydrogen-bond acceptors (Lipinski definition) is 0. The Morgan fingerprint density at radius 1 is 0.632 bits per heavy atom. The molecule has 0 amide bonds. The van der Waals surface area contributed by atoms with Gasteiger partial charge in [0.25, 0.3) is 0 Å². The van der Waals surface area contributed by atoms with Gasteiger partial charge in [0.05, 0.1) is 0 Å². The molecule has 0 saturated heterocycles. The minimum atomic E-state index is -10.7. The van der Waals surface area contributed by atoms with Crippen LogP contribution in [-0.4, -0.2) is 20.9 Å². The molecule has 218 valence electrons. The molecule has 0 aliphatic carbocycles. The van der Waals surface area contributed by atoms with Gasteiger partial charge in [0, 0.05) is 0 Å². The van der Waals surface area contributed by atoms with Crippen molar-refractivity contribution in [3.05, 3.63) is 64.6 Å².